The number of benzene rings is 1. The summed E-state index contributed by atoms with van der Waals surface area (Å²) in [5.74, 6) is 0.519. The van der Waals surface area contributed by atoms with Crippen molar-refractivity contribution in [3.63, 3.8) is 0 Å². The minimum Gasteiger partial charge on any atom is -0.379 e. The zero-order chi connectivity index (χ0) is 18.1. The van der Waals surface area contributed by atoms with Gasteiger partial charge in [-0.05, 0) is 50.3 Å². The molecule has 0 saturated carbocycles. The van der Waals surface area contributed by atoms with Crippen LogP contribution in [0.2, 0.25) is 0 Å². The Kier molecular flexibility index (Phi) is 11.1. The smallest absolute Gasteiger partial charge is 0.191 e. The van der Waals surface area contributed by atoms with Crippen molar-refractivity contribution in [2.24, 2.45) is 4.99 Å². The summed E-state index contributed by atoms with van der Waals surface area (Å²) in [6.07, 6.45) is 3.41. The van der Waals surface area contributed by atoms with Crippen LogP contribution in [-0.4, -0.2) is 45.5 Å². The zero-order valence-electron chi connectivity index (χ0n) is 15.9. The average Bonchev–Trinajstić information content (AvgIpc) is 3.12. The number of nitrogens with zero attached hydrogens (tertiary/aromatic N) is 1. The Labute approximate surface area is 173 Å². The quantitative estimate of drug-likeness (QED) is 0.259. The molecule has 2 atom stereocenters. The number of hydrogen-bond acceptors (Lipinski definition) is 3. The van der Waals surface area contributed by atoms with Gasteiger partial charge in [0.25, 0.3) is 0 Å². The van der Waals surface area contributed by atoms with Crippen LogP contribution in [0.4, 0.5) is 4.39 Å². The molecule has 0 radical (unpaired) electrons. The van der Waals surface area contributed by atoms with E-state index in [9.17, 15) is 4.39 Å². The largest absolute Gasteiger partial charge is 0.379 e. The molecule has 2 N–H and O–H groups in total. The van der Waals surface area contributed by atoms with Gasteiger partial charge in [0.1, 0.15) is 5.82 Å². The summed E-state index contributed by atoms with van der Waals surface area (Å²) in [5, 5.41) is 6.54. The third kappa shape index (κ3) is 7.75. The van der Waals surface area contributed by atoms with Gasteiger partial charge in [-0.1, -0.05) is 12.1 Å². The van der Waals surface area contributed by atoms with Crippen LogP contribution >= 0.6 is 24.0 Å². The number of guanidine groups is 1. The zero-order valence-corrected chi connectivity index (χ0v) is 18.2. The lowest BCUT2D eigenvalue weighted by Crippen LogP contribution is -2.39. The van der Waals surface area contributed by atoms with Gasteiger partial charge in [0.2, 0.25) is 0 Å². The summed E-state index contributed by atoms with van der Waals surface area (Å²) in [7, 11) is 1.73. The Balaban J connectivity index is 0.00000338. The van der Waals surface area contributed by atoms with E-state index >= 15 is 0 Å². The third-order valence-electron chi connectivity index (χ3n) is 4.36. The van der Waals surface area contributed by atoms with Crippen LogP contribution in [0.1, 0.15) is 43.4 Å². The SMILES string of the molecule is CN=C(NCCCOCC1CCCO1)NC(C)c1ccc(C)c(F)c1.I. The predicted molar refractivity (Wildman–Crippen MR) is 114 cm³/mol. The molecule has 0 bridgehead atoms. The number of rotatable bonds is 8. The van der Waals surface area contributed by atoms with Crippen molar-refractivity contribution < 1.29 is 13.9 Å². The van der Waals surface area contributed by atoms with E-state index in [0.29, 0.717) is 24.7 Å². The highest BCUT2D eigenvalue weighted by molar-refractivity contribution is 14.0. The molecule has 1 aromatic carbocycles. The van der Waals surface area contributed by atoms with Crippen LogP contribution < -0.4 is 10.6 Å². The summed E-state index contributed by atoms with van der Waals surface area (Å²) < 4.78 is 24.9. The molecule has 1 aliphatic heterocycles. The third-order valence-corrected chi connectivity index (χ3v) is 4.36. The standard InChI is InChI=1S/C19H30FN3O2.HI/c1-14-7-8-16(12-18(14)20)15(2)23-19(21-3)22-9-5-10-24-13-17-6-4-11-25-17;/h7-8,12,15,17H,4-6,9-11,13H2,1-3H3,(H2,21,22,23);1H. The number of ether oxygens (including phenoxy) is 2. The predicted octanol–water partition coefficient (Wildman–Crippen LogP) is 3.56. The van der Waals surface area contributed by atoms with Gasteiger partial charge in [-0.15, -0.1) is 24.0 Å². The van der Waals surface area contributed by atoms with Gasteiger partial charge in [0, 0.05) is 26.8 Å². The van der Waals surface area contributed by atoms with Gasteiger partial charge in [-0.3, -0.25) is 4.99 Å². The van der Waals surface area contributed by atoms with Gasteiger partial charge in [-0.25, -0.2) is 4.39 Å². The Hall–Kier alpha value is -0.930. The molecule has 2 rings (SSSR count). The lowest BCUT2D eigenvalue weighted by molar-refractivity contribution is 0.0168. The van der Waals surface area contributed by atoms with Crippen LogP contribution in [-0.2, 0) is 9.47 Å². The molecule has 148 valence electrons. The van der Waals surface area contributed by atoms with Gasteiger partial charge in [-0.2, -0.15) is 0 Å². The number of halogens is 2. The summed E-state index contributed by atoms with van der Waals surface area (Å²) >= 11 is 0. The second-order valence-corrected chi connectivity index (χ2v) is 6.44. The molecule has 0 spiro atoms. The van der Waals surface area contributed by atoms with Crippen molar-refractivity contribution >= 4 is 29.9 Å². The molecular weight excluding hydrogens is 448 g/mol. The normalized spacial score (nSPS) is 18.3. The van der Waals surface area contributed by atoms with E-state index in [1.807, 2.05) is 13.0 Å². The molecule has 7 heteroatoms. The molecule has 1 aromatic rings. The van der Waals surface area contributed by atoms with Crippen molar-refractivity contribution in [1.29, 1.82) is 0 Å². The van der Waals surface area contributed by atoms with E-state index in [1.54, 1.807) is 26.1 Å². The maximum Gasteiger partial charge on any atom is 0.191 e. The van der Waals surface area contributed by atoms with E-state index in [2.05, 4.69) is 15.6 Å². The second-order valence-electron chi connectivity index (χ2n) is 6.44. The number of aryl methyl sites for hydroxylation is 1. The van der Waals surface area contributed by atoms with Crippen LogP contribution in [0.3, 0.4) is 0 Å². The number of hydrogen-bond donors (Lipinski definition) is 2. The average molecular weight is 479 g/mol. The highest BCUT2D eigenvalue weighted by Crippen LogP contribution is 2.16. The van der Waals surface area contributed by atoms with Crippen molar-refractivity contribution in [1.82, 2.24) is 10.6 Å². The van der Waals surface area contributed by atoms with Crippen LogP contribution in [0, 0.1) is 12.7 Å². The van der Waals surface area contributed by atoms with Crippen LogP contribution in [0.25, 0.3) is 0 Å². The molecule has 0 amide bonds. The Morgan fingerprint density at radius 1 is 1.46 bits per heavy atom. The molecule has 26 heavy (non-hydrogen) atoms. The molecule has 0 aromatic heterocycles. The fraction of sp³-hybridized carbons (Fsp3) is 0.632. The second kappa shape index (κ2) is 12.5. The van der Waals surface area contributed by atoms with E-state index in [-0.39, 0.29) is 41.9 Å². The highest BCUT2D eigenvalue weighted by atomic mass is 127. The highest BCUT2D eigenvalue weighted by Gasteiger charge is 2.15. The monoisotopic (exact) mass is 479 g/mol. The summed E-state index contributed by atoms with van der Waals surface area (Å²) in [5.41, 5.74) is 1.55. The van der Waals surface area contributed by atoms with Gasteiger partial charge < -0.3 is 20.1 Å². The van der Waals surface area contributed by atoms with E-state index < -0.39 is 0 Å². The molecule has 0 aliphatic carbocycles. The van der Waals surface area contributed by atoms with Crippen LogP contribution in [0.15, 0.2) is 23.2 Å². The van der Waals surface area contributed by atoms with Gasteiger partial charge >= 0.3 is 0 Å². The molecular formula is C19H31FIN3O2. The van der Waals surface area contributed by atoms with Crippen molar-refractivity contribution in [2.45, 2.75) is 45.3 Å². The van der Waals surface area contributed by atoms with E-state index in [0.717, 1.165) is 38.0 Å². The number of nitrogens with one attached hydrogen (secondary N) is 2. The first kappa shape index (κ1) is 23.1. The van der Waals surface area contributed by atoms with E-state index in [4.69, 9.17) is 9.47 Å². The molecule has 1 saturated heterocycles. The summed E-state index contributed by atoms with van der Waals surface area (Å²) in [6, 6.07) is 5.27. The summed E-state index contributed by atoms with van der Waals surface area (Å²) in [4.78, 5) is 4.21. The molecule has 1 heterocycles. The Morgan fingerprint density at radius 3 is 2.92 bits per heavy atom. The Morgan fingerprint density at radius 2 is 2.27 bits per heavy atom. The minimum atomic E-state index is -0.183. The Bertz CT molecular complexity index is 566. The fourth-order valence-electron chi connectivity index (χ4n) is 2.73. The van der Waals surface area contributed by atoms with Crippen molar-refractivity contribution in [3.8, 4) is 0 Å². The van der Waals surface area contributed by atoms with Gasteiger partial charge in [0.15, 0.2) is 5.96 Å². The molecule has 1 aliphatic rings. The summed E-state index contributed by atoms with van der Waals surface area (Å²) in [6.45, 7) is 6.76. The lowest BCUT2D eigenvalue weighted by atomic mass is 10.1. The first-order chi connectivity index (χ1) is 12.1. The maximum atomic E-state index is 13.7. The number of aliphatic imine (C=N–C) groups is 1. The maximum absolute atomic E-state index is 13.7. The molecule has 1 fully saturated rings. The first-order valence-electron chi connectivity index (χ1n) is 9.02. The van der Waals surface area contributed by atoms with Crippen molar-refractivity contribution in [2.75, 3.05) is 33.4 Å². The first-order valence-corrected chi connectivity index (χ1v) is 9.02. The van der Waals surface area contributed by atoms with Crippen molar-refractivity contribution in [3.05, 3.63) is 35.1 Å². The van der Waals surface area contributed by atoms with Crippen LogP contribution in [0.5, 0.6) is 0 Å². The van der Waals surface area contributed by atoms with Gasteiger partial charge in [0.05, 0.1) is 18.8 Å². The van der Waals surface area contributed by atoms with E-state index in [1.165, 1.54) is 0 Å². The fourth-order valence-corrected chi connectivity index (χ4v) is 2.73. The topological polar surface area (TPSA) is 54.9 Å². The lowest BCUT2D eigenvalue weighted by Gasteiger charge is -2.19. The molecule has 5 nitrogen and oxygen atoms in total. The molecule has 2 unspecified atom stereocenters. The minimum absolute atomic E-state index is 0.